The lowest BCUT2D eigenvalue weighted by atomic mass is 10.1. The number of aromatic nitrogens is 1. The molecular weight excluding hydrogens is 296 g/mol. The van der Waals surface area contributed by atoms with E-state index in [1.165, 1.54) is 27.8 Å². The summed E-state index contributed by atoms with van der Waals surface area (Å²) < 4.78 is 3.41. The first-order valence-electron chi connectivity index (χ1n) is 5.87. The summed E-state index contributed by atoms with van der Waals surface area (Å²) in [7, 11) is 0. The molecule has 0 bridgehead atoms. The van der Waals surface area contributed by atoms with Gasteiger partial charge in [-0.05, 0) is 57.8 Å². The Morgan fingerprint density at radius 3 is 2.94 bits per heavy atom. The van der Waals surface area contributed by atoms with Gasteiger partial charge in [0.05, 0.1) is 6.54 Å². The average Bonchev–Trinajstić information content (AvgIpc) is 2.95. The summed E-state index contributed by atoms with van der Waals surface area (Å²) in [4.78, 5) is 1.35. The molecule has 2 N–H and O–H groups in total. The van der Waals surface area contributed by atoms with Crippen LogP contribution in [0.3, 0.4) is 0 Å². The van der Waals surface area contributed by atoms with Gasteiger partial charge in [0.25, 0.3) is 0 Å². The van der Waals surface area contributed by atoms with Crippen LogP contribution in [0.5, 0.6) is 0 Å². The Balaban J connectivity index is 1.74. The predicted molar refractivity (Wildman–Crippen MR) is 75.2 cm³/mol. The van der Waals surface area contributed by atoms with Gasteiger partial charge in [0.2, 0.25) is 0 Å². The zero-order chi connectivity index (χ0) is 11.8. The summed E-state index contributed by atoms with van der Waals surface area (Å²) in [5, 5.41) is 2.11. The number of rotatable bonds is 4. The molecule has 0 radical (unpaired) electrons. The molecule has 2 aromatic rings. The van der Waals surface area contributed by atoms with Gasteiger partial charge in [-0.1, -0.05) is 0 Å². The minimum absolute atomic E-state index is 0.239. The van der Waals surface area contributed by atoms with Crippen LogP contribution in [0.15, 0.2) is 34.4 Å². The number of thiophene rings is 1. The first-order valence-corrected chi connectivity index (χ1v) is 7.54. The molecule has 1 aliphatic rings. The van der Waals surface area contributed by atoms with Crippen molar-refractivity contribution < 1.29 is 0 Å². The molecule has 1 unspecified atom stereocenters. The standard InChI is InChI=1S/C13H15BrN2S/c14-11-4-6-17-12(11)8-16-5-3-10(7-16)13(15)9-1-2-9/h3-7,9,13H,1-2,8,15H2. The molecule has 0 aliphatic heterocycles. The van der Waals surface area contributed by atoms with Crippen LogP contribution < -0.4 is 5.73 Å². The monoisotopic (exact) mass is 310 g/mol. The second-order valence-electron chi connectivity index (χ2n) is 4.67. The van der Waals surface area contributed by atoms with Crippen molar-refractivity contribution in [2.24, 2.45) is 11.7 Å². The summed E-state index contributed by atoms with van der Waals surface area (Å²) >= 11 is 5.35. The van der Waals surface area contributed by atoms with Crippen LogP contribution in [0.2, 0.25) is 0 Å². The van der Waals surface area contributed by atoms with E-state index in [1.54, 1.807) is 11.3 Å². The molecule has 90 valence electrons. The summed E-state index contributed by atoms with van der Waals surface area (Å²) in [6.07, 6.45) is 6.91. The van der Waals surface area contributed by atoms with Gasteiger partial charge in [-0.25, -0.2) is 0 Å². The maximum absolute atomic E-state index is 6.20. The first-order chi connectivity index (χ1) is 8.24. The first kappa shape index (κ1) is 11.5. The Labute approximate surface area is 114 Å². The number of hydrogen-bond donors (Lipinski definition) is 1. The van der Waals surface area contributed by atoms with Crippen LogP contribution in [0.4, 0.5) is 0 Å². The fourth-order valence-electron chi connectivity index (χ4n) is 2.09. The molecular formula is C13H15BrN2S. The molecule has 4 heteroatoms. The number of nitrogens with zero attached hydrogens (tertiary/aromatic N) is 1. The summed E-state index contributed by atoms with van der Waals surface area (Å²) in [6.45, 7) is 0.926. The molecule has 0 aromatic carbocycles. The summed E-state index contributed by atoms with van der Waals surface area (Å²) in [5.41, 5.74) is 7.47. The van der Waals surface area contributed by atoms with Gasteiger partial charge in [-0.2, -0.15) is 0 Å². The van der Waals surface area contributed by atoms with Crippen molar-refractivity contribution in [1.82, 2.24) is 4.57 Å². The van der Waals surface area contributed by atoms with E-state index in [4.69, 9.17) is 5.73 Å². The minimum Gasteiger partial charge on any atom is -0.349 e. The van der Waals surface area contributed by atoms with Gasteiger partial charge in [0.1, 0.15) is 0 Å². The second kappa shape index (κ2) is 4.59. The van der Waals surface area contributed by atoms with Crippen molar-refractivity contribution in [2.75, 3.05) is 0 Å². The molecule has 1 atom stereocenters. The molecule has 0 spiro atoms. The third-order valence-corrected chi connectivity index (χ3v) is 5.22. The molecule has 2 heterocycles. The lowest BCUT2D eigenvalue weighted by Crippen LogP contribution is -2.11. The Bertz CT molecular complexity index is 513. The van der Waals surface area contributed by atoms with Gasteiger partial charge >= 0.3 is 0 Å². The van der Waals surface area contributed by atoms with Gasteiger partial charge in [-0.3, -0.25) is 0 Å². The van der Waals surface area contributed by atoms with Crippen molar-refractivity contribution in [2.45, 2.75) is 25.4 Å². The zero-order valence-corrected chi connectivity index (χ0v) is 11.9. The van der Waals surface area contributed by atoms with Gasteiger partial charge in [-0.15, -0.1) is 11.3 Å². The maximum Gasteiger partial charge on any atom is 0.0574 e. The Morgan fingerprint density at radius 2 is 2.29 bits per heavy atom. The van der Waals surface area contributed by atoms with E-state index in [-0.39, 0.29) is 6.04 Å². The van der Waals surface area contributed by atoms with E-state index in [0.29, 0.717) is 0 Å². The quantitative estimate of drug-likeness (QED) is 0.915. The molecule has 17 heavy (non-hydrogen) atoms. The van der Waals surface area contributed by atoms with Crippen LogP contribution >= 0.6 is 27.3 Å². The summed E-state index contributed by atoms with van der Waals surface area (Å²) in [6, 6.07) is 4.49. The third kappa shape index (κ3) is 2.49. The highest BCUT2D eigenvalue weighted by molar-refractivity contribution is 9.10. The lowest BCUT2D eigenvalue weighted by Gasteiger charge is -2.07. The SMILES string of the molecule is NC(c1ccn(Cc2sccc2Br)c1)C1CC1. The van der Waals surface area contributed by atoms with Crippen molar-refractivity contribution in [1.29, 1.82) is 0 Å². The normalized spacial score (nSPS) is 17.3. The van der Waals surface area contributed by atoms with E-state index in [2.05, 4.69) is 50.4 Å². The van der Waals surface area contributed by atoms with Crippen molar-refractivity contribution >= 4 is 27.3 Å². The highest BCUT2D eigenvalue weighted by Crippen LogP contribution is 2.39. The van der Waals surface area contributed by atoms with Crippen molar-refractivity contribution in [3.05, 3.63) is 44.8 Å². The number of hydrogen-bond acceptors (Lipinski definition) is 2. The van der Waals surface area contributed by atoms with Crippen LogP contribution in [-0.4, -0.2) is 4.57 Å². The van der Waals surface area contributed by atoms with Crippen molar-refractivity contribution in [3.8, 4) is 0 Å². The minimum atomic E-state index is 0.239. The Hall–Kier alpha value is -0.580. The molecule has 1 saturated carbocycles. The molecule has 3 rings (SSSR count). The highest BCUT2D eigenvalue weighted by Gasteiger charge is 2.29. The summed E-state index contributed by atoms with van der Waals surface area (Å²) in [5.74, 6) is 0.722. The fourth-order valence-corrected chi connectivity index (χ4v) is 3.57. The molecule has 1 fully saturated rings. The smallest absolute Gasteiger partial charge is 0.0574 e. The van der Waals surface area contributed by atoms with E-state index >= 15 is 0 Å². The topological polar surface area (TPSA) is 30.9 Å². The van der Waals surface area contributed by atoms with E-state index < -0.39 is 0 Å². The molecule has 0 amide bonds. The van der Waals surface area contributed by atoms with Gasteiger partial charge < -0.3 is 10.3 Å². The maximum atomic E-state index is 6.20. The van der Waals surface area contributed by atoms with Gasteiger partial charge in [0, 0.05) is 27.8 Å². The number of nitrogens with two attached hydrogens (primary N) is 1. The van der Waals surface area contributed by atoms with Crippen LogP contribution in [-0.2, 0) is 6.54 Å². The average molecular weight is 311 g/mol. The van der Waals surface area contributed by atoms with E-state index in [0.717, 1.165) is 12.5 Å². The molecule has 1 aliphatic carbocycles. The molecule has 0 saturated heterocycles. The zero-order valence-electron chi connectivity index (χ0n) is 9.47. The largest absolute Gasteiger partial charge is 0.349 e. The lowest BCUT2D eigenvalue weighted by molar-refractivity contribution is 0.631. The van der Waals surface area contributed by atoms with Crippen molar-refractivity contribution in [3.63, 3.8) is 0 Å². The molecule has 2 aromatic heterocycles. The molecule has 2 nitrogen and oxygen atoms in total. The van der Waals surface area contributed by atoms with Crippen LogP contribution in [0, 0.1) is 5.92 Å². The predicted octanol–water partition coefficient (Wildman–Crippen LogP) is 3.77. The Kier molecular flexibility index (Phi) is 3.11. The van der Waals surface area contributed by atoms with E-state index in [9.17, 15) is 0 Å². The second-order valence-corrected chi connectivity index (χ2v) is 6.53. The third-order valence-electron chi connectivity index (χ3n) is 3.31. The highest BCUT2D eigenvalue weighted by atomic mass is 79.9. The number of halogens is 1. The van der Waals surface area contributed by atoms with Gasteiger partial charge in [0.15, 0.2) is 0 Å². The van der Waals surface area contributed by atoms with Crippen LogP contribution in [0.25, 0.3) is 0 Å². The van der Waals surface area contributed by atoms with E-state index in [1.807, 2.05) is 0 Å². The van der Waals surface area contributed by atoms with Crippen LogP contribution in [0.1, 0.15) is 29.3 Å². The Morgan fingerprint density at radius 1 is 1.47 bits per heavy atom. The fraction of sp³-hybridized carbons (Fsp3) is 0.385.